The Kier molecular flexibility index (Phi) is 11.0. The number of nitrogens with zero attached hydrogens (tertiary/aromatic N) is 5. The van der Waals surface area contributed by atoms with Gasteiger partial charge >= 0.3 is 6.61 Å². The number of morpholine rings is 1. The predicted octanol–water partition coefficient (Wildman–Crippen LogP) is 1.91. The molecular weight excluding hydrogens is 535 g/mol. The van der Waals surface area contributed by atoms with Gasteiger partial charge in [0.1, 0.15) is 11.6 Å². The summed E-state index contributed by atoms with van der Waals surface area (Å²) < 4.78 is 37.2. The Morgan fingerprint density at radius 2 is 1.97 bits per heavy atom. The summed E-state index contributed by atoms with van der Waals surface area (Å²) in [6.45, 7) is 4.42. The molecule has 2 N–H and O–H groups in total. The summed E-state index contributed by atoms with van der Waals surface area (Å²) in [5, 5.41) is 14.8. The number of nitrogens with one attached hydrogen (secondary N) is 2. The van der Waals surface area contributed by atoms with Crippen molar-refractivity contribution >= 4 is 29.9 Å². The quantitative estimate of drug-likeness (QED) is 0.273. The lowest BCUT2D eigenvalue weighted by Crippen LogP contribution is -2.44. The molecule has 0 atom stereocenters. The molecule has 12 heteroatoms. The number of benzene rings is 1. The summed E-state index contributed by atoms with van der Waals surface area (Å²) in [6.07, 6.45) is 0. The van der Waals surface area contributed by atoms with Crippen LogP contribution < -0.4 is 15.4 Å². The van der Waals surface area contributed by atoms with E-state index in [0.717, 1.165) is 44.5 Å². The minimum absolute atomic E-state index is 0. The number of aromatic nitrogens is 3. The monoisotopic (exact) mass is 565 g/mol. The summed E-state index contributed by atoms with van der Waals surface area (Å²) in [6, 6.07) is 6.66. The Balaban J connectivity index is 0.00000363. The lowest BCUT2D eigenvalue weighted by molar-refractivity contribution is -0.0504. The highest BCUT2D eigenvalue weighted by Gasteiger charge is 2.12. The number of hydrogen-bond donors (Lipinski definition) is 2. The van der Waals surface area contributed by atoms with Crippen molar-refractivity contribution in [2.45, 2.75) is 26.6 Å². The van der Waals surface area contributed by atoms with Crippen molar-refractivity contribution in [1.82, 2.24) is 30.3 Å². The summed E-state index contributed by atoms with van der Waals surface area (Å²) in [5.41, 5.74) is 0.576. The van der Waals surface area contributed by atoms with Crippen LogP contribution in [-0.2, 0) is 24.9 Å². The van der Waals surface area contributed by atoms with Crippen LogP contribution in [0.15, 0.2) is 29.3 Å². The van der Waals surface area contributed by atoms with Crippen LogP contribution in [0.3, 0.4) is 0 Å². The van der Waals surface area contributed by atoms with E-state index >= 15 is 0 Å². The third kappa shape index (κ3) is 8.13. The summed E-state index contributed by atoms with van der Waals surface area (Å²) in [5.74, 6) is 2.26. The van der Waals surface area contributed by atoms with E-state index in [-0.39, 0.29) is 36.3 Å². The number of halogens is 3. The molecule has 1 aromatic heterocycles. The van der Waals surface area contributed by atoms with Crippen molar-refractivity contribution in [2.24, 2.45) is 12.0 Å². The third-order valence-electron chi connectivity index (χ3n) is 5.02. The molecule has 3 rings (SSSR count). The minimum Gasteiger partial charge on any atom is -0.434 e. The van der Waals surface area contributed by atoms with E-state index in [1.165, 1.54) is 6.07 Å². The van der Waals surface area contributed by atoms with Crippen molar-refractivity contribution in [2.75, 3.05) is 39.4 Å². The van der Waals surface area contributed by atoms with Crippen molar-refractivity contribution in [3.05, 3.63) is 41.5 Å². The van der Waals surface area contributed by atoms with Crippen molar-refractivity contribution in [1.29, 1.82) is 0 Å². The standard InChI is InChI=1S/C20H29F2N7O2.HI/c1-15-26-27-18(28(15)2)14-25-20(23-7-8-29-9-11-30-12-10-29)24-13-16-5-3-4-6-17(16)31-19(21)22;/h3-6,19H,7-14H2,1-2H3,(H2,23,24,25);1H. The van der Waals surface area contributed by atoms with Crippen LogP contribution in [0.25, 0.3) is 0 Å². The third-order valence-corrected chi connectivity index (χ3v) is 5.02. The molecule has 1 aliphatic rings. The average molecular weight is 565 g/mol. The maximum absolute atomic E-state index is 12.7. The fourth-order valence-corrected chi connectivity index (χ4v) is 3.11. The number of para-hydroxylation sites is 1. The lowest BCUT2D eigenvalue weighted by Gasteiger charge is -2.26. The van der Waals surface area contributed by atoms with Gasteiger partial charge in [-0.2, -0.15) is 8.78 Å². The molecule has 32 heavy (non-hydrogen) atoms. The van der Waals surface area contributed by atoms with Gasteiger partial charge in [-0.15, -0.1) is 34.2 Å². The number of alkyl halides is 2. The molecule has 0 bridgehead atoms. The van der Waals surface area contributed by atoms with Gasteiger partial charge in [0, 0.05) is 38.8 Å². The molecule has 1 saturated heterocycles. The zero-order valence-corrected chi connectivity index (χ0v) is 20.6. The number of ether oxygens (including phenoxy) is 2. The molecule has 9 nitrogen and oxygen atoms in total. The number of rotatable bonds is 9. The van der Waals surface area contributed by atoms with E-state index in [4.69, 9.17) is 4.74 Å². The van der Waals surface area contributed by atoms with Crippen molar-refractivity contribution < 1.29 is 18.3 Å². The largest absolute Gasteiger partial charge is 0.434 e. The normalized spacial score (nSPS) is 14.8. The highest BCUT2D eigenvalue weighted by atomic mass is 127. The molecule has 0 unspecified atom stereocenters. The van der Waals surface area contributed by atoms with Gasteiger partial charge in [-0.1, -0.05) is 18.2 Å². The Morgan fingerprint density at radius 3 is 2.66 bits per heavy atom. The molecule has 1 aromatic carbocycles. The van der Waals surface area contributed by atoms with E-state index < -0.39 is 6.61 Å². The van der Waals surface area contributed by atoms with E-state index in [9.17, 15) is 8.78 Å². The molecule has 0 spiro atoms. The lowest BCUT2D eigenvalue weighted by atomic mass is 10.2. The van der Waals surface area contributed by atoms with Crippen LogP contribution in [0.4, 0.5) is 8.78 Å². The van der Waals surface area contributed by atoms with Gasteiger partial charge in [0.15, 0.2) is 11.8 Å². The van der Waals surface area contributed by atoms with Crippen molar-refractivity contribution in [3.63, 3.8) is 0 Å². The maximum Gasteiger partial charge on any atom is 0.387 e. The molecule has 1 fully saturated rings. The molecule has 2 aromatic rings. The first kappa shape index (κ1) is 26.2. The molecule has 0 amide bonds. The summed E-state index contributed by atoms with van der Waals surface area (Å²) >= 11 is 0. The number of guanidine groups is 1. The Bertz CT molecular complexity index is 860. The van der Waals surface area contributed by atoms with E-state index in [1.54, 1.807) is 18.2 Å². The first-order chi connectivity index (χ1) is 15.0. The summed E-state index contributed by atoms with van der Waals surface area (Å²) in [4.78, 5) is 6.88. The van der Waals surface area contributed by atoms with Crippen LogP contribution in [-0.4, -0.2) is 71.6 Å². The fraction of sp³-hybridized carbons (Fsp3) is 0.550. The smallest absolute Gasteiger partial charge is 0.387 e. The van der Waals surface area contributed by atoms with Gasteiger partial charge in [0.25, 0.3) is 0 Å². The van der Waals surface area contributed by atoms with Gasteiger partial charge in [0.2, 0.25) is 0 Å². The zero-order chi connectivity index (χ0) is 22.1. The Hall–Kier alpha value is -2.06. The zero-order valence-electron chi connectivity index (χ0n) is 18.3. The van der Waals surface area contributed by atoms with Crippen LogP contribution in [0.1, 0.15) is 17.2 Å². The molecule has 178 valence electrons. The van der Waals surface area contributed by atoms with E-state index in [0.29, 0.717) is 24.6 Å². The first-order valence-corrected chi connectivity index (χ1v) is 10.2. The first-order valence-electron chi connectivity index (χ1n) is 10.2. The molecule has 0 saturated carbocycles. The van der Waals surface area contributed by atoms with Crippen LogP contribution in [0.5, 0.6) is 5.75 Å². The molecule has 2 heterocycles. The number of aryl methyl sites for hydroxylation is 1. The molecular formula is C20H30F2IN7O2. The molecule has 0 radical (unpaired) electrons. The molecule has 1 aliphatic heterocycles. The van der Waals surface area contributed by atoms with Crippen LogP contribution >= 0.6 is 24.0 Å². The Labute approximate surface area is 203 Å². The highest BCUT2D eigenvalue weighted by Crippen LogP contribution is 2.20. The van der Waals surface area contributed by atoms with Crippen molar-refractivity contribution in [3.8, 4) is 5.75 Å². The van der Waals surface area contributed by atoms with Crippen LogP contribution in [0.2, 0.25) is 0 Å². The second kappa shape index (κ2) is 13.5. The minimum atomic E-state index is -2.88. The van der Waals surface area contributed by atoms with E-state index in [1.807, 2.05) is 18.5 Å². The highest BCUT2D eigenvalue weighted by molar-refractivity contribution is 14.0. The van der Waals surface area contributed by atoms with Gasteiger partial charge < -0.3 is 24.7 Å². The Morgan fingerprint density at radius 1 is 1.22 bits per heavy atom. The van der Waals surface area contributed by atoms with Crippen LogP contribution in [0, 0.1) is 6.92 Å². The maximum atomic E-state index is 12.7. The van der Waals surface area contributed by atoms with Gasteiger partial charge in [-0.3, -0.25) is 4.90 Å². The number of hydrogen-bond acceptors (Lipinski definition) is 6. The fourth-order valence-electron chi connectivity index (χ4n) is 3.11. The van der Waals surface area contributed by atoms with E-state index in [2.05, 4.69) is 35.5 Å². The summed E-state index contributed by atoms with van der Waals surface area (Å²) in [7, 11) is 1.90. The van der Waals surface area contributed by atoms with Gasteiger partial charge in [-0.25, -0.2) is 4.99 Å². The topological polar surface area (TPSA) is 88.8 Å². The second-order valence-corrected chi connectivity index (χ2v) is 7.11. The molecule has 0 aliphatic carbocycles. The average Bonchev–Trinajstić information content (AvgIpc) is 3.08. The van der Waals surface area contributed by atoms with Gasteiger partial charge in [-0.05, 0) is 13.0 Å². The number of aliphatic imine (C=N–C) groups is 1. The predicted molar refractivity (Wildman–Crippen MR) is 127 cm³/mol. The van der Waals surface area contributed by atoms with Gasteiger partial charge in [0.05, 0.1) is 26.3 Å². The second-order valence-electron chi connectivity index (χ2n) is 7.11. The SMILES string of the molecule is Cc1nnc(CNC(=NCc2ccccc2OC(F)F)NCCN2CCOCC2)n1C.I.